The summed E-state index contributed by atoms with van der Waals surface area (Å²) in [6.07, 6.45) is 0. The minimum atomic E-state index is -0.0223. The van der Waals surface area contributed by atoms with Gasteiger partial charge in [0.2, 0.25) is 0 Å². The lowest BCUT2D eigenvalue weighted by atomic mass is 9.95. The fourth-order valence-corrected chi connectivity index (χ4v) is 5.33. The molecule has 0 spiro atoms. The first-order valence-electron chi connectivity index (χ1n) is 8.20. The van der Waals surface area contributed by atoms with Crippen molar-refractivity contribution in [2.75, 3.05) is 32.1 Å². The Hall–Kier alpha value is -1.96. The highest BCUT2D eigenvalue weighted by Gasteiger charge is 2.34. The van der Waals surface area contributed by atoms with Gasteiger partial charge in [-0.15, -0.1) is 11.3 Å². The topological polar surface area (TPSA) is 62.5 Å². The summed E-state index contributed by atoms with van der Waals surface area (Å²) < 4.78 is 1.07. The lowest BCUT2D eigenvalue weighted by Gasteiger charge is -2.15. The van der Waals surface area contributed by atoms with E-state index in [0.717, 1.165) is 19.5 Å². The van der Waals surface area contributed by atoms with Crippen molar-refractivity contribution in [1.29, 1.82) is 0 Å². The number of fused-ring (bicyclic) bond motifs is 1. The smallest absolute Gasteiger partial charge is 0.264 e. The van der Waals surface area contributed by atoms with Gasteiger partial charge in [-0.2, -0.15) is 0 Å². The van der Waals surface area contributed by atoms with Gasteiger partial charge in [0.15, 0.2) is 5.13 Å². The van der Waals surface area contributed by atoms with Crippen molar-refractivity contribution in [2.24, 2.45) is 5.73 Å². The normalized spacial score (nSPS) is 20.4. The molecule has 2 atom stereocenters. The number of nitrogens with zero attached hydrogens (tertiary/aromatic N) is 3. The van der Waals surface area contributed by atoms with Gasteiger partial charge >= 0.3 is 0 Å². The zero-order valence-corrected chi connectivity index (χ0v) is 15.8. The molecule has 25 heavy (non-hydrogen) atoms. The second-order valence-electron chi connectivity index (χ2n) is 6.56. The molecular formula is C18H20N4OS2. The van der Waals surface area contributed by atoms with E-state index in [2.05, 4.69) is 17.1 Å². The second-order valence-corrected chi connectivity index (χ2v) is 8.60. The summed E-state index contributed by atoms with van der Waals surface area (Å²) in [6.45, 7) is 1.27. The number of nitrogens with two attached hydrogens (primary N) is 1. The van der Waals surface area contributed by atoms with Crippen LogP contribution >= 0.6 is 22.7 Å². The summed E-state index contributed by atoms with van der Waals surface area (Å²) in [5, 5.41) is 0.965. The summed E-state index contributed by atoms with van der Waals surface area (Å²) in [7, 11) is 3.95. The molecule has 0 bridgehead atoms. The Bertz CT molecular complexity index is 871. The SMILES string of the molecule is CN(C)c1nc2sc(C(=O)N3C[C@@H](N)[C@H](c4ccccc4)C3)cc2s1. The van der Waals surface area contributed by atoms with Crippen LogP contribution in [0.15, 0.2) is 36.4 Å². The Morgan fingerprint density at radius 2 is 2.00 bits per heavy atom. The standard InChI is InChI=1S/C18H20N4OS2/c1-21(2)18-20-16-14(25-18)8-15(24-16)17(23)22-9-12(13(19)10-22)11-6-4-3-5-7-11/h3-8,12-13H,9-10,19H2,1-2H3/t12-,13+/m0/s1. The summed E-state index contributed by atoms with van der Waals surface area (Å²) in [5.74, 6) is 0.264. The zero-order valence-electron chi connectivity index (χ0n) is 14.2. The lowest BCUT2D eigenvalue weighted by molar-refractivity contribution is 0.0794. The fraction of sp³-hybridized carbons (Fsp3) is 0.333. The van der Waals surface area contributed by atoms with Gasteiger partial charge in [0, 0.05) is 39.1 Å². The average Bonchev–Trinajstić information content (AvgIpc) is 3.27. The number of carbonyl (C=O) groups excluding carboxylic acids is 1. The van der Waals surface area contributed by atoms with Crippen LogP contribution in [0.25, 0.3) is 9.53 Å². The number of benzene rings is 1. The number of likely N-dealkylation sites (tertiary alicyclic amines) is 1. The minimum Gasteiger partial charge on any atom is -0.354 e. The highest BCUT2D eigenvalue weighted by Crippen LogP contribution is 2.35. The molecule has 130 valence electrons. The zero-order chi connectivity index (χ0) is 17.6. The summed E-state index contributed by atoms with van der Waals surface area (Å²) >= 11 is 3.08. The Balaban J connectivity index is 1.54. The van der Waals surface area contributed by atoms with E-state index in [1.807, 2.05) is 48.2 Å². The van der Waals surface area contributed by atoms with Gasteiger partial charge in [-0.05, 0) is 11.6 Å². The van der Waals surface area contributed by atoms with Gasteiger partial charge in [-0.25, -0.2) is 4.98 Å². The predicted molar refractivity (Wildman–Crippen MR) is 105 cm³/mol. The molecule has 1 aliphatic heterocycles. The van der Waals surface area contributed by atoms with E-state index >= 15 is 0 Å². The molecule has 1 fully saturated rings. The van der Waals surface area contributed by atoms with Crippen LogP contribution in [0, 0.1) is 0 Å². The monoisotopic (exact) mass is 372 g/mol. The van der Waals surface area contributed by atoms with E-state index in [1.165, 1.54) is 16.9 Å². The van der Waals surface area contributed by atoms with Crippen molar-refractivity contribution in [3.8, 4) is 0 Å². The number of hydrogen-bond acceptors (Lipinski definition) is 6. The van der Waals surface area contributed by atoms with Gasteiger partial charge in [0.05, 0.1) is 9.58 Å². The fourth-order valence-electron chi connectivity index (χ4n) is 3.22. The molecular weight excluding hydrogens is 352 g/mol. The first kappa shape index (κ1) is 16.5. The number of rotatable bonds is 3. The van der Waals surface area contributed by atoms with Gasteiger partial charge in [-0.1, -0.05) is 41.7 Å². The highest BCUT2D eigenvalue weighted by molar-refractivity contribution is 7.29. The van der Waals surface area contributed by atoms with Crippen molar-refractivity contribution >= 4 is 43.2 Å². The van der Waals surface area contributed by atoms with Crippen molar-refractivity contribution in [3.63, 3.8) is 0 Å². The third kappa shape index (κ3) is 3.03. The van der Waals surface area contributed by atoms with Crippen molar-refractivity contribution in [3.05, 3.63) is 46.8 Å². The molecule has 2 N–H and O–H groups in total. The number of aromatic nitrogens is 1. The van der Waals surface area contributed by atoms with Crippen LogP contribution in [0.5, 0.6) is 0 Å². The maximum absolute atomic E-state index is 12.9. The summed E-state index contributed by atoms with van der Waals surface area (Å²) in [4.78, 5) is 23.0. The molecule has 1 amide bonds. The van der Waals surface area contributed by atoms with E-state index in [4.69, 9.17) is 5.73 Å². The quantitative estimate of drug-likeness (QED) is 0.768. The molecule has 0 radical (unpaired) electrons. The number of amides is 1. The molecule has 3 aromatic rings. The van der Waals surface area contributed by atoms with Crippen LogP contribution < -0.4 is 10.6 Å². The lowest BCUT2D eigenvalue weighted by Crippen LogP contribution is -2.31. The Kier molecular flexibility index (Phi) is 4.23. The largest absolute Gasteiger partial charge is 0.354 e. The molecule has 2 aromatic heterocycles. The highest BCUT2D eigenvalue weighted by atomic mass is 32.1. The van der Waals surface area contributed by atoms with Gasteiger partial charge < -0.3 is 15.5 Å². The molecule has 1 aromatic carbocycles. The van der Waals surface area contributed by atoms with E-state index in [9.17, 15) is 4.79 Å². The van der Waals surface area contributed by atoms with E-state index in [1.54, 1.807) is 11.3 Å². The predicted octanol–water partition coefficient (Wildman–Crippen LogP) is 2.99. The number of thiophene rings is 1. The number of hydrogen-bond donors (Lipinski definition) is 1. The first-order valence-corrected chi connectivity index (χ1v) is 9.83. The van der Waals surface area contributed by atoms with Crippen LogP contribution in [0.4, 0.5) is 5.13 Å². The number of carbonyl (C=O) groups is 1. The molecule has 7 heteroatoms. The maximum Gasteiger partial charge on any atom is 0.264 e. The van der Waals surface area contributed by atoms with E-state index < -0.39 is 0 Å². The summed E-state index contributed by atoms with van der Waals surface area (Å²) in [6, 6.07) is 12.2. The van der Waals surface area contributed by atoms with E-state index in [0.29, 0.717) is 13.1 Å². The summed E-state index contributed by atoms with van der Waals surface area (Å²) in [5.41, 5.74) is 7.52. The average molecular weight is 373 g/mol. The third-order valence-electron chi connectivity index (χ3n) is 4.55. The second kappa shape index (κ2) is 6.40. The number of anilines is 1. The molecule has 3 heterocycles. The molecule has 0 saturated carbocycles. The van der Waals surface area contributed by atoms with Gasteiger partial charge in [-0.3, -0.25) is 4.79 Å². The minimum absolute atomic E-state index is 0.0223. The molecule has 4 rings (SSSR count). The maximum atomic E-state index is 12.9. The molecule has 0 aliphatic carbocycles. The van der Waals surface area contributed by atoms with Gasteiger partial charge in [0.1, 0.15) is 4.83 Å². The van der Waals surface area contributed by atoms with Crippen molar-refractivity contribution in [1.82, 2.24) is 9.88 Å². The van der Waals surface area contributed by atoms with Crippen molar-refractivity contribution < 1.29 is 4.79 Å². The van der Waals surface area contributed by atoms with E-state index in [-0.39, 0.29) is 17.9 Å². The van der Waals surface area contributed by atoms with Crippen LogP contribution in [0.1, 0.15) is 21.2 Å². The number of thiazole rings is 1. The Morgan fingerprint density at radius 1 is 1.24 bits per heavy atom. The van der Waals surface area contributed by atoms with Crippen LogP contribution in [0.2, 0.25) is 0 Å². The van der Waals surface area contributed by atoms with Crippen LogP contribution in [-0.2, 0) is 0 Å². The molecule has 0 unspecified atom stereocenters. The molecule has 1 aliphatic rings. The Labute approximate surface area is 154 Å². The van der Waals surface area contributed by atoms with Crippen LogP contribution in [-0.4, -0.2) is 49.0 Å². The molecule has 5 nitrogen and oxygen atoms in total. The third-order valence-corrected chi connectivity index (χ3v) is 6.87. The van der Waals surface area contributed by atoms with Crippen LogP contribution in [0.3, 0.4) is 0 Å². The first-order chi connectivity index (χ1) is 12.0. The van der Waals surface area contributed by atoms with Crippen molar-refractivity contribution in [2.45, 2.75) is 12.0 Å². The van der Waals surface area contributed by atoms with Gasteiger partial charge in [0.25, 0.3) is 5.91 Å². The Morgan fingerprint density at radius 3 is 2.68 bits per heavy atom. The molecule has 1 saturated heterocycles.